The molecular weight excluding hydrogens is 216 g/mol. The van der Waals surface area contributed by atoms with Crippen molar-refractivity contribution in [3.05, 3.63) is 23.9 Å². The predicted octanol–water partition coefficient (Wildman–Crippen LogP) is 0.607. The van der Waals surface area contributed by atoms with Crippen LogP contribution >= 0.6 is 0 Å². The molecule has 1 aromatic heterocycles. The molecule has 1 amide bonds. The molecule has 0 saturated heterocycles. The number of nitrogens with two attached hydrogens (primary N) is 2. The zero-order valence-corrected chi connectivity index (χ0v) is 10.4. The van der Waals surface area contributed by atoms with Gasteiger partial charge in [0.05, 0.1) is 6.54 Å². The van der Waals surface area contributed by atoms with Crippen LogP contribution in [-0.4, -0.2) is 28.9 Å². The lowest BCUT2D eigenvalue weighted by Gasteiger charge is -2.23. The van der Waals surface area contributed by atoms with Gasteiger partial charge in [-0.2, -0.15) is 0 Å². The van der Waals surface area contributed by atoms with Crippen LogP contribution in [0.2, 0.25) is 0 Å². The zero-order chi connectivity index (χ0) is 12.8. The molecule has 94 valence electrons. The molecule has 0 fully saturated rings. The SMILES string of the molecule is CC(C)CN(CC(N)=O)Cc1cccnc1N. The first-order valence-corrected chi connectivity index (χ1v) is 5.69. The molecule has 0 bridgehead atoms. The fourth-order valence-corrected chi connectivity index (χ4v) is 1.75. The maximum atomic E-state index is 11.0. The number of primary amides is 1. The number of rotatable bonds is 6. The van der Waals surface area contributed by atoms with Gasteiger partial charge >= 0.3 is 0 Å². The summed E-state index contributed by atoms with van der Waals surface area (Å²) in [5, 5.41) is 0. The Morgan fingerprint density at radius 3 is 2.76 bits per heavy atom. The highest BCUT2D eigenvalue weighted by molar-refractivity contribution is 5.75. The van der Waals surface area contributed by atoms with E-state index in [1.54, 1.807) is 6.20 Å². The molecule has 0 aliphatic rings. The maximum Gasteiger partial charge on any atom is 0.231 e. The second-order valence-electron chi connectivity index (χ2n) is 4.58. The first-order valence-electron chi connectivity index (χ1n) is 5.69. The van der Waals surface area contributed by atoms with Crippen LogP contribution in [-0.2, 0) is 11.3 Å². The number of nitrogen functional groups attached to an aromatic ring is 1. The number of aromatic nitrogens is 1. The molecule has 0 saturated carbocycles. The Bertz CT molecular complexity index is 379. The summed E-state index contributed by atoms with van der Waals surface area (Å²) in [6.07, 6.45) is 1.65. The van der Waals surface area contributed by atoms with Gasteiger partial charge in [-0.05, 0) is 12.0 Å². The van der Waals surface area contributed by atoms with Gasteiger partial charge < -0.3 is 11.5 Å². The van der Waals surface area contributed by atoms with E-state index < -0.39 is 0 Å². The van der Waals surface area contributed by atoms with Crippen LogP contribution in [0.1, 0.15) is 19.4 Å². The van der Waals surface area contributed by atoms with Crippen molar-refractivity contribution >= 4 is 11.7 Å². The smallest absolute Gasteiger partial charge is 0.231 e. The minimum absolute atomic E-state index is 0.243. The van der Waals surface area contributed by atoms with Crippen molar-refractivity contribution in [1.29, 1.82) is 0 Å². The number of hydrogen-bond acceptors (Lipinski definition) is 4. The molecule has 0 atom stereocenters. The van der Waals surface area contributed by atoms with Crippen molar-refractivity contribution in [3.8, 4) is 0 Å². The van der Waals surface area contributed by atoms with Crippen LogP contribution in [0.5, 0.6) is 0 Å². The molecule has 5 nitrogen and oxygen atoms in total. The highest BCUT2D eigenvalue weighted by Gasteiger charge is 2.12. The van der Waals surface area contributed by atoms with Gasteiger partial charge in [0.2, 0.25) is 5.91 Å². The molecule has 1 rings (SSSR count). The van der Waals surface area contributed by atoms with Crippen LogP contribution < -0.4 is 11.5 Å². The van der Waals surface area contributed by atoms with Crippen molar-refractivity contribution in [2.24, 2.45) is 11.7 Å². The normalized spacial score (nSPS) is 11.1. The van der Waals surface area contributed by atoms with Crippen molar-refractivity contribution in [3.63, 3.8) is 0 Å². The Morgan fingerprint density at radius 2 is 2.24 bits per heavy atom. The van der Waals surface area contributed by atoms with E-state index in [0.29, 0.717) is 18.3 Å². The molecule has 0 radical (unpaired) electrons. The molecule has 5 heteroatoms. The number of amides is 1. The Kier molecular flexibility index (Phi) is 4.90. The molecule has 0 aromatic carbocycles. The molecule has 0 aliphatic carbocycles. The number of anilines is 1. The number of nitrogens with zero attached hydrogens (tertiary/aromatic N) is 2. The topological polar surface area (TPSA) is 85.2 Å². The van der Waals surface area contributed by atoms with E-state index in [0.717, 1.165) is 12.1 Å². The van der Waals surface area contributed by atoms with Crippen LogP contribution in [0.25, 0.3) is 0 Å². The minimum atomic E-state index is -0.326. The van der Waals surface area contributed by atoms with Crippen LogP contribution in [0.4, 0.5) is 5.82 Å². The largest absolute Gasteiger partial charge is 0.383 e. The molecule has 4 N–H and O–H groups in total. The first kappa shape index (κ1) is 13.4. The summed E-state index contributed by atoms with van der Waals surface area (Å²) in [7, 11) is 0. The molecule has 0 spiro atoms. The van der Waals surface area contributed by atoms with E-state index in [9.17, 15) is 4.79 Å². The van der Waals surface area contributed by atoms with Crippen molar-refractivity contribution in [2.45, 2.75) is 20.4 Å². The molecule has 0 unspecified atom stereocenters. The summed E-state index contributed by atoms with van der Waals surface area (Å²) in [5.41, 5.74) is 11.9. The number of carbonyl (C=O) groups excluding carboxylic acids is 1. The van der Waals surface area contributed by atoms with Crippen molar-refractivity contribution < 1.29 is 4.79 Å². The van der Waals surface area contributed by atoms with E-state index in [1.807, 2.05) is 17.0 Å². The predicted molar refractivity (Wildman–Crippen MR) is 68.0 cm³/mol. The molecule has 1 heterocycles. The second kappa shape index (κ2) is 6.20. The third-order valence-corrected chi connectivity index (χ3v) is 2.32. The Hall–Kier alpha value is -1.62. The minimum Gasteiger partial charge on any atom is -0.383 e. The van der Waals surface area contributed by atoms with Gasteiger partial charge in [-0.15, -0.1) is 0 Å². The molecular formula is C12H20N4O. The Labute approximate surface area is 102 Å². The number of carbonyl (C=O) groups is 1. The third-order valence-electron chi connectivity index (χ3n) is 2.32. The second-order valence-corrected chi connectivity index (χ2v) is 4.58. The van der Waals surface area contributed by atoms with Crippen molar-refractivity contribution in [1.82, 2.24) is 9.88 Å². The average molecular weight is 236 g/mol. The number of hydrogen-bond donors (Lipinski definition) is 2. The fraction of sp³-hybridized carbons (Fsp3) is 0.500. The van der Waals surface area contributed by atoms with Crippen molar-refractivity contribution in [2.75, 3.05) is 18.8 Å². The lowest BCUT2D eigenvalue weighted by atomic mass is 10.1. The highest BCUT2D eigenvalue weighted by atomic mass is 16.1. The van der Waals surface area contributed by atoms with Gasteiger partial charge in [-0.3, -0.25) is 9.69 Å². The Morgan fingerprint density at radius 1 is 1.53 bits per heavy atom. The summed E-state index contributed by atoms with van der Waals surface area (Å²) >= 11 is 0. The third kappa shape index (κ3) is 4.82. The monoisotopic (exact) mass is 236 g/mol. The lowest BCUT2D eigenvalue weighted by Crippen LogP contribution is -2.36. The van der Waals surface area contributed by atoms with Crippen LogP contribution in [0, 0.1) is 5.92 Å². The van der Waals surface area contributed by atoms with Gasteiger partial charge in [0.1, 0.15) is 5.82 Å². The molecule has 1 aromatic rings. The first-order chi connectivity index (χ1) is 7.99. The van der Waals surface area contributed by atoms with E-state index >= 15 is 0 Å². The summed E-state index contributed by atoms with van der Waals surface area (Å²) in [6, 6.07) is 3.75. The van der Waals surface area contributed by atoms with E-state index in [4.69, 9.17) is 11.5 Å². The van der Waals surface area contributed by atoms with Gasteiger partial charge in [-0.25, -0.2) is 4.98 Å². The summed E-state index contributed by atoms with van der Waals surface area (Å²) in [4.78, 5) is 17.0. The Balaban J connectivity index is 2.71. The zero-order valence-electron chi connectivity index (χ0n) is 10.4. The molecule has 0 aliphatic heterocycles. The maximum absolute atomic E-state index is 11.0. The van der Waals surface area contributed by atoms with E-state index in [1.165, 1.54) is 0 Å². The van der Waals surface area contributed by atoms with Gasteiger partial charge in [0, 0.05) is 24.8 Å². The van der Waals surface area contributed by atoms with Gasteiger partial charge in [0.25, 0.3) is 0 Å². The van der Waals surface area contributed by atoms with Crippen LogP contribution in [0.3, 0.4) is 0 Å². The average Bonchev–Trinajstić information content (AvgIpc) is 2.19. The summed E-state index contributed by atoms with van der Waals surface area (Å²) in [6.45, 7) is 5.84. The summed E-state index contributed by atoms with van der Waals surface area (Å²) < 4.78 is 0. The standard InChI is InChI=1S/C12H20N4O/c1-9(2)6-16(8-11(13)17)7-10-4-3-5-15-12(10)14/h3-5,9H,6-8H2,1-2H3,(H2,13,17)(H2,14,15). The molecule has 17 heavy (non-hydrogen) atoms. The van der Waals surface area contributed by atoms with Crippen LogP contribution in [0.15, 0.2) is 18.3 Å². The lowest BCUT2D eigenvalue weighted by molar-refractivity contribution is -0.119. The summed E-state index contributed by atoms with van der Waals surface area (Å²) in [5.74, 6) is 0.645. The van der Waals surface area contributed by atoms with E-state index in [-0.39, 0.29) is 12.5 Å². The quantitative estimate of drug-likeness (QED) is 0.757. The van der Waals surface area contributed by atoms with Gasteiger partial charge in [-0.1, -0.05) is 19.9 Å². The van der Waals surface area contributed by atoms with E-state index in [2.05, 4.69) is 18.8 Å². The number of pyridine rings is 1. The van der Waals surface area contributed by atoms with Gasteiger partial charge in [0.15, 0.2) is 0 Å². The highest BCUT2D eigenvalue weighted by Crippen LogP contribution is 2.11. The fourth-order valence-electron chi connectivity index (χ4n) is 1.75.